The summed E-state index contributed by atoms with van der Waals surface area (Å²) in [4.78, 5) is 53.3. The Morgan fingerprint density at radius 2 is 0.887 bits per heavy atom. The Morgan fingerprint density at radius 3 is 1.23 bits per heavy atom. The molecule has 4 heterocycles. The second kappa shape index (κ2) is 18.2. The van der Waals surface area contributed by atoms with Crippen LogP contribution in [0.3, 0.4) is 0 Å². The first kappa shape index (κ1) is 44.2. The van der Waals surface area contributed by atoms with E-state index in [2.05, 4.69) is 0 Å². The van der Waals surface area contributed by atoms with Crippen molar-refractivity contribution in [3.8, 4) is 23.0 Å². The number of aromatic hydroxyl groups is 2. The molecule has 7 rings (SSSR count). The summed E-state index contributed by atoms with van der Waals surface area (Å²) in [5.41, 5.74) is -0.509. The van der Waals surface area contributed by atoms with Crippen molar-refractivity contribution in [1.82, 2.24) is 0 Å². The predicted molar refractivity (Wildman–Crippen MR) is 205 cm³/mol. The zero-order valence-corrected chi connectivity index (χ0v) is 32.9. The number of aliphatic hydroxyl groups excluding tert-OH is 6. The fourth-order valence-electron chi connectivity index (χ4n) is 7.90. The molecule has 3 fully saturated rings. The van der Waals surface area contributed by atoms with E-state index < -0.39 is 121 Å². The molecule has 332 valence electrons. The van der Waals surface area contributed by atoms with Gasteiger partial charge in [0.1, 0.15) is 85.1 Å². The summed E-state index contributed by atoms with van der Waals surface area (Å²) in [6.07, 6.45) is -15.3. The second-order valence-electron chi connectivity index (χ2n) is 15.2. The fourth-order valence-corrected chi connectivity index (χ4v) is 7.90. The summed E-state index contributed by atoms with van der Waals surface area (Å²) in [5.74, 6) is -7.19. The zero-order valence-electron chi connectivity index (χ0n) is 32.9. The number of phenols is 2. The van der Waals surface area contributed by atoms with Crippen LogP contribution in [0.1, 0.15) is 34.5 Å². The Balaban J connectivity index is 1.12. The number of hydrogen-bond acceptors (Lipinski definition) is 20. The SMILES string of the molecule is Cc1occc(=O)c1OC1OC(COC(=O)C2C(c3ccc(O)cc3)C(C(=O)OCC3OC(Oc4c(C)occc4=O)C(O)C(O)C3O)C2c2ccc(O)cc2)C(O)C(O)C1O. The van der Waals surface area contributed by atoms with Crippen molar-refractivity contribution in [2.24, 2.45) is 11.8 Å². The van der Waals surface area contributed by atoms with Gasteiger partial charge in [0.2, 0.25) is 34.9 Å². The second-order valence-corrected chi connectivity index (χ2v) is 15.2. The van der Waals surface area contributed by atoms with Crippen LogP contribution in [-0.2, 0) is 28.5 Å². The van der Waals surface area contributed by atoms with Crippen molar-refractivity contribution in [2.45, 2.75) is 87.1 Å². The highest BCUT2D eigenvalue weighted by molar-refractivity contribution is 5.85. The zero-order chi connectivity index (χ0) is 44.6. The maximum atomic E-state index is 14.2. The van der Waals surface area contributed by atoms with Crippen molar-refractivity contribution >= 4 is 11.9 Å². The van der Waals surface area contributed by atoms with Gasteiger partial charge >= 0.3 is 11.9 Å². The molecule has 2 aliphatic heterocycles. The molecule has 0 amide bonds. The number of carbonyl (C=O) groups is 2. The lowest BCUT2D eigenvalue weighted by Gasteiger charge is -2.50. The summed E-state index contributed by atoms with van der Waals surface area (Å²) >= 11 is 0. The maximum Gasteiger partial charge on any atom is 0.310 e. The van der Waals surface area contributed by atoms with Gasteiger partial charge in [0.15, 0.2) is 0 Å². The van der Waals surface area contributed by atoms with Gasteiger partial charge in [-0.3, -0.25) is 19.2 Å². The lowest BCUT2D eigenvalue weighted by Crippen LogP contribution is -2.61. The molecule has 0 radical (unpaired) electrons. The summed E-state index contributed by atoms with van der Waals surface area (Å²) in [5, 5.41) is 84.5. The monoisotopic (exact) mass is 868 g/mol. The molecule has 0 bridgehead atoms. The molecule has 10 unspecified atom stereocenters. The van der Waals surface area contributed by atoms with Crippen LogP contribution in [0, 0.1) is 25.7 Å². The number of aryl methyl sites for hydroxylation is 2. The van der Waals surface area contributed by atoms with Crippen LogP contribution < -0.4 is 20.3 Å². The third-order valence-electron chi connectivity index (χ3n) is 11.2. The molecule has 2 aromatic heterocycles. The van der Waals surface area contributed by atoms with Crippen LogP contribution in [0.25, 0.3) is 0 Å². The minimum Gasteiger partial charge on any atom is -0.508 e. The summed E-state index contributed by atoms with van der Waals surface area (Å²) in [6, 6.07) is 13.3. The van der Waals surface area contributed by atoms with Gasteiger partial charge in [0.05, 0.1) is 24.4 Å². The van der Waals surface area contributed by atoms with E-state index in [4.69, 9.17) is 37.3 Å². The first-order valence-corrected chi connectivity index (χ1v) is 19.4. The van der Waals surface area contributed by atoms with E-state index in [1.807, 2.05) is 0 Å². The molecule has 1 aliphatic carbocycles. The largest absolute Gasteiger partial charge is 0.508 e. The number of phenolic OH excluding ortho intramolecular Hbond substituents is 2. The number of esters is 2. The molecule has 62 heavy (non-hydrogen) atoms. The summed E-state index contributed by atoms with van der Waals surface area (Å²) in [7, 11) is 0. The summed E-state index contributed by atoms with van der Waals surface area (Å²) in [6.45, 7) is 1.38. The molecule has 8 N–H and O–H groups in total. The molecule has 4 aromatic rings. The first-order chi connectivity index (χ1) is 29.5. The smallest absolute Gasteiger partial charge is 0.310 e. The van der Waals surface area contributed by atoms with Gasteiger partial charge in [-0.25, -0.2) is 0 Å². The lowest BCUT2D eigenvalue weighted by molar-refractivity contribution is -0.280. The number of aliphatic hydroxyl groups is 6. The Bertz CT molecular complexity index is 2150. The van der Waals surface area contributed by atoms with Crippen LogP contribution in [0.4, 0.5) is 0 Å². The summed E-state index contributed by atoms with van der Waals surface area (Å²) < 4.78 is 44.2. The van der Waals surface area contributed by atoms with E-state index in [1.165, 1.54) is 62.4 Å². The standard InChI is InChI=1S/C42H44O20/c1-17-37(23(45)11-13-55-17)61-41-35(51)33(49)31(47)25(59-41)15-57-39(53)29-27(19-3-7-21(43)8-4-19)30(28(29)20-5-9-22(44)10-6-20)40(54)58-16-26-32(48)34(50)36(52)42(60-26)62-38-18(2)56-14-12-24(38)46/h3-14,25-36,41-44,47-52H,15-16H2,1-2H3. The highest BCUT2D eigenvalue weighted by Gasteiger charge is 2.60. The van der Waals surface area contributed by atoms with Crippen molar-refractivity contribution < 1.29 is 87.7 Å². The molecule has 0 spiro atoms. The van der Waals surface area contributed by atoms with Gasteiger partial charge in [0.25, 0.3) is 0 Å². The molecule has 20 heteroatoms. The molecule has 2 aromatic carbocycles. The normalized spacial score (nSPS) is 31.9. The third-order valence-corrected chi connectivity index (χ3v) is 11.2. The van der Waals surface area contributed by atoms with Gasteiger partial charge in [-0.05, 0) is 49.2 Å². The van der Waals surface area contributed by atoms with Crippen molar-refractivity contribution in [1.29, 1.82) is 0 Å². The van der Waals surface area contributed by atoms with Crippen LogP contribution in [0.5, 0.6) is 23.0 Å². The van der Waals surface area contributed by atoms with Gasteiger partial charge in [-0.2, -0.15) is 0 Å². The average Bonchev–Trinajstić information content (AvgIpc) is 3.23. The number of ether oxygens (including phenoxy) is 6. The molecule has 1 saturated carbocycles. The van der Waals surface area contributed by atoms with Crippen LogP contribution in [0.2, 0.25) is 0 Å². The third kappa shape index (κ3) is 8.76. The van der Waals surface area contributed by atoms with Crippen LogP contribution >= 0.6 is 0 Å². The maximum absolute atomic E-state index is 14.2. The minimum atomic E-state index is -1.88. The fraction of sp³-hybridized carbons (Fsp3) is 0.429. The van der Waals surface area contributed by atoms with Gasteiger partial charge in [0, 0.05) is 24.0 Å². The van der Waals surface area contributed by atoms with E-state index in [0.29, 0.717) is 11.1 Å². The Hall–Kier alpha value is -5.84. The Morgan fingerprint density at radius 1 is 0.532 bits per heavy atom. The molecule has 20 nitrogen and oxygen atoms in total. The number of carbonyl (C=O) groups excluding carboxylic acids is 2. The molecule has 2 saturated heterocycles. The molecule has 10 atom stereocenters. The highest BCUT2D eigenvalue weighted by Crippen LogP contribution is 2.58. The van der Waals surface area contributed by atoms with Gasteiger partial charge in [-0.15, -0.1) is 0 Å². The minimum absolute atomic E-state index is 0.0289. The first-order valence-electron chi connectivity index (χ1n) is 19.4. The molecular weight excluding hydrogens is 824 g/mol. The quantitative estimate of drug-likeness (QED) is 0.0840. The van der Waals surface area contributed by atoms with Crippen molar-refractivity contribution in [2.75, 3.05) is 13.2 Å². The average molecular weight is 869 g/mol. The van der Waals surface area contributed by atoms with E-state index >= 15 is 0 Å². The van der Waals surface area contributed by atoms with Gasteiger partial charge < -0.3 is 78.1 Å². The lowest BCUT2D eigenvalue weighted by atomic mass is 9.52. The van der Waals surface area contributed by atoms with Crippen LogP contribution in [0.15, 0.2) is 91.6 Å². The topological polar surface area (TPSA) is 312 Å². The van der Waals surface area contributed by atoms with E-state index in [1.54, 1.807) is 0 Å². The number of rotatable bonds is 12. The van der Waals surface area contributed by atoms with Crippen molar-refractivity contribution in [3.05, 3.63) is 116 Å². The molecule has 3 aliphatic rings. The highest BCUT2D eigenvalue weighted by atomic mass is 16.7. The Labute approximate surface area is 350 Å². The number of benzene rings is 2. The van der Waals surface area contributed by atoms with Gasteiger partial charge in [-0.1, -0.05) is 24.3 Å². The molecular formula is C42H44O20. The van der Waals surface area contributed by atoms with Crippen molar-refractivity contribution in [3.63, 3.8) is 0 Å². The predicted octanol–water partition coefficient (Wildman–Crippen LogP) is -0.406. The van der Waals surface area contributed by atoms with E-state index in [9.17, 15) is 60.0 Å². The Kier molecular flexibility index (Phi) is 13.0. The number of hydrogen-bond donors (Lipinski definition) is 8. The van der Waals surface area contributed by atoms with Crippen LogP contribution in [-0.4, -0.2) is 127 Å². The van der Waals surface area contributed by atoms with E-state index in [-0.39, 0.29) is 34.5 Å². The van der Waals surface area contributed by atoms with E-state index in [0.717, 1.165) is 24.7 Å².